The molecule has 0 atom stereocenters. The van der Waals surface area contributed by atoms with Crippen LogP contribution < -0.4 is 5.32 Å². The number of hydrogen-bond donors (Lipinski definition) is 3. The molecule has 0 spiro atoms. The van der Waals surface area contributed by atoms with E-state index in [0.717, 1.165) is 41.6 Å². The molecule has 9 heteroatoms. The minimum Gasteiger partial charge on any atom is -0.333 e. The van der Waals surface area contributed by atoms with E-state index in [9.17, 15) is 8.42 Å². The normalized spacial score (nSPS) is 15.1. The second kappa shape index (κ2) is 10.7. The standard InChI is InChI=1S/C13H18N4S.C7H8O3S/c1-2-4-12-11(3-1)15-13(16-12)18-10-9-17-7-5-14-6-8-17;8-11(9,10)6-7-4-2-1-3-5-7/h1-4,14H,5-10H2,(H,15,16);1-5H,6H2,(H,8,9,10). The average Bonchev–Trinajstić information content (AvgIpc) is 3.12. The van der Waals surface area contributed by atoms with Crippen LogP contribution in [0.15, 0.2) is 59.8 Å². The van der Waals surface area contributed by atoms with Crippen molar-refractivity contribution in [1.29, 1.82) is 0 Å². The summed E-state index contributed by atoms with van der Waals surface area (Å²) >= 11 is 1.81. The molecule has 2 aromatic carbocycles. The summed E-state index contributed by atoms with van der Waals surface area (Å²) in [4.78, 5) is 10.4. The van der Waals surface area contributed by atoms with E-state index in [1.165, 1.54) is 13.1 Å². The van der Waals surface area contributed by atoms with E-state index < -0.39 is 10.1 Å². The molecular formula is C20H26N4O3S2. The van der Waals surface area contributed by atoms with Gasteiger partial charge in [0, 0.05) is 38.5 Å². The van der Waals surface area contributed by atoms with Gasteiger partial charge in [-0.2, -0.15) is 8.42 Å². The van der Waals surface area contributed by atoms with E-state index in [4.69, 9.17) is 4.55 Å². The highest BCUT2D eigenvalue weighted by atomic mass is 32.2. The van der Waals surface area contributed by atoms with Gasteiger partial charge in [-0.05, 0) is 17.7 Å². The third kappa shape index (κ3) is 7.79. The third-order valence-electron chi connectivity index (χ3n) is 4.42. The number of imidazole rings is 1. The molecule has 3 N–H and O–H groups in total. The summed E-state index contributed by atoms with van der Waals surface area (Å²) in [6, 6.07) is 16.7. The predicted octanol–water partition coefficient (Wildman–Crippen LogP) is 2.63. The van der Waals surface area contributed by atoms with Gasteiger partial charge < -0.3 is 10.3 Å². The molecule has 7 nitrogen and oxygen atoms in total. The summed E-state index contributed by atoms with van der Waals surface area (Å²) in [6.07, 6.45) is 0. The Morgan fingerprint density at radius 1 is 1.03 bits per heavy atom. The summed E-state index contributed by atoms with van der Waals surface area (Å²) in [5.41, 5.74) is 2.78. The van der Waals surface area contributed by atoms with E-state index in [-0.39, 0.29) is 5.75 Å². The Bertz CT molecular complexity index is 954. The zero-order valence-electron chi connectivity index (χ0n) is 16.1. The number of para-hydroxylation sites is 2. The zero-order valence-corrected chi connectivity index (χ0v) is 17.8. The fraction of sp³-hybridized carbons (Fsp3) is 0.350. The van der Waals surface area contributed by atoms with Crippen LogP contribution in [-0.2, 0) is 15.9 Å². The minimum absolute atomic E-state index is 0.312. The van der Waals surface area contributed by atoms with Crippen LogP contribution in [0.25, 0.3) is 11.0 Å². The van der Waals surface area contributed by atoms with Crippen molar-refractivity contribution in [2.24, 2.45) is 0 Å². The summed E-state index contributed by atoms with van der Waals surface area (Å²) in [7, 11) is -3.88. The number of nitrogens with one attached hydrogen (secondary N) is 2. The summed E-state index contributed by atoms with van der Waals surface area (Å²) < 4.78 is 29.2. The molecule has 0 saturated carbocycles. The number of rotatable bonds is 6. The highest BCUT2D eigenvalue weighted by Gasteiger charge is 2.09. The average molecular weight is 435 g/mol. The van der Waals surface area contributed by atoms with Gasteiger partial charge in [0.15, 0.2) is 5.16 Å². The maximum absolute atomic E-state index is 10.4. The van der Waals surface area contributed by atoms with Crippen molar-refractivity contribution in [3.8, 4) is 0 Å². The number of piperazine rings is 1. The Morgan fingerprint density at radius 2 is 1.72 bits per heavy atom. The number of nitrogens with zero attached hydrogens (tertiary/aromatic N) is 2. The zero-order chi connectivity index (χ0) is 20.5. The number of aromatic amines is 1. The van der Waals surface area contributed by atoms with Crippen LogP contribution in [0.5, 0.6) is 0 Å². The third-order valence-corrected chi connectivity index (χ3v) is 5.97. The van der Waals surface area contributed by atoms with Crippen molar-refractivity contribution in [2.45, 2.75) is 10.9 Å². The number of aromatic nitrogens is 2. The molecule has 1 saturated heterocycles. The van der Waals surface area contributed by atoms with Crippen molar-refractivity contribution in [3.05, 3.63) is 60.2 Å². The van der Waals surface area contributed by atoms with Gasteiger partial charge in [-0.3, -0.25) is 9.45 Å². The molecule has 29 heavy (non-hydrogen) atoms. The van der Waals surface area contributed by atoms with E-state index in [1.54, 1.807) is 30.3 Å². The fourth-order valence-corrected chi connectivity index (χ4v) is 4.49. The van der Waals surface area contributed by atoms with Gasteiger partial charge in [-0.1, -0.05) is 54.2 Å². The first kappa shape index (κ1) is 21.8. The van der Waals surface area contributed by atoms with Crippen LogP contribution in [0.4, 0.5) is 0 Å². The van der Waals surface area contributed by atoms with Gasteiger partial charge in [0.25, 0.3) is 10.1 Å². The second-order valence-electron chi connectivity index (χ2n) is 6.71. The molecule has 1 aliphatic heterocycles. The molecule has 4 rings (SSSR count). The Labute approximate surface area is 175 Å². The van der Waals surface area contributed by atoms with Gasteiger partial charge in [-0.25, -0.2) is 4.98 Å². The van der Waals surface area contributed by atoms with Gasteiger partial charge in [0.2, 0.25) is 0 Å². The summed E-state index contributed by atoms with van der Waals surface area (Å²) in [6.45, 7) is 5.72. The van der Waals surface area contributed by atoms with E-state index in [1.807, 2.05) is 30.0 Å². The van der Waals surface area contributed by atoms with Crippen LogP contribution in [0.1, 0.15) is 5.56 Å². The quantitative estimate of drug-likeness (QED) is 0.405. The number of thioether (sulfide) groups is 1. The van der Waals surface area contributed by atoms with Crippen LogP contribution >= 0.6 is 11.8 Å². The lowest BCUT2D eigenvalue weighted by atomic mass is 10.2. The van der Waals surface area contributed by atoms with Crippen LogP contribution in [0.2, 0.25) is 0 Å². The smallest absolute Gasteiger partial charge is 0.269 e. The minimum atomic E-state index is -3.88. The van der Waals surface area contributed by atoms with Gasteiger partial charge >= 0.3 is 0 Å². The van der Waals surface area contributed by atoms with Gasteiger partial charge in [0.1, 0.15) is 5.75 Å². The molecule has 0 aliphatic carbocycles. The predicted molar refractivity (Wildman–Crippen MR) is 118 cm³/mol. The van der Waals surface area contributed by atoms with E-state index >= 15 is 0 Å². The molecule has 0 amide bonds. The number of hydrogen-bond acceptors (Lipinski definition) is 6. The molecule has 0 bridgehead atoms. The fourth-order valence-electron chi connectivity index (χ4n) is 2.99. The van der Waals surface area contributed by atoms with Crippen LogP contribution in [0.3, 0.4) is 0 Å². The molecule has 0 radical (unpaired) electrons. The lowest BCUT2D eigenvalue weighted by molar-refractivity contribution is 0.255. The van der Waals surface area contributed by atoms with Crippen molar-refractivity contribution in [1.82, 2.24) is 20.2 Å². The molecule has 1 fully saturated rings. The van der Waals surface area contributed by atoms with Gasteiger partial charge in [0.05, 0.1) is 11.0 Å². The molecule has 1 aliphatic rings. The van der Waals surface area contributed by atoms with Crippen LogP contribution in [0, 0.1) is 0 Å². The van der Waals surface area contributed by atoms with E-state index in [2.05, 4.69) is 26.3 Å². The molecule has 1 aromatic heterocycles. The van der Waals surface area contributed by atoms with Crippen molar-refractivity contribution in [3.63, 3.8) is 0 Å². The SMILES string of the molecule is O=S(=O)(O)Cc1ccccc1.c1ccc2[nH]c(SCCN3CCNCC3)nc2c1. The van der Waals surface area contributed by atoms with E-state index in [0.29, 0.717) is 5.56 Å². The van der Waals surface area contributed by atoms with Crippen LogP contribution in [-0.4, -0.2) is 66.3 Å². The molecule has 0 unspecified atom stereocenters. The van der Waals surface area contributed by atoms with Crippen molar-refractivity contribution < 1.29 is 13.0 Å². The summed E-state index contributed by atoms with van der Waals surface area (Å²) in [5.74, 6) is 0.785. The molecule has 156 valence electrons. The topological polar surface area (TPSA) is 98.3 Å². The lowest BCUT2D eigenvalue weighted by Crippen LogP contribution is -2.44. The van der Waals surface area contributed by atoms with Crippen molar-refractivity contribution >= 4 is 32.9 Å². The van der Waals surface area contributed by atoms with Crippen molar-refractivity contribution in [2.75, 3.05) is 38.5 Å². The lowest BCUT2D eigenvalue weighted by Gasteiger charge is -2.26. The maximum atomic E-state index is 10.4. The first-order valence-electron chi connectivity index (χ1n) is 9.49. The molecular weight excluding hydrogens is 408 g/mol. The monoisotopic (exact) mass is 434 g/mol. The second-order valence-corrected chi connectivity index (χ2v) is 9.25. The number of H-pyrrole nitrogens is 1. The number of fused-ring (bicyclic) bond motifs is 1. The Kier molecular flexibility index (Phi) is 8.08. The first-order chi connectivity index (χ1) is 14.0. The highest BCUT2D eigenvalue weighted by molar-refractivity contribution is 7.99. The first-order valence-corrected chi connectivity index (χ1v) is 12.1. The molecule has 3 aromatic rings. The highest BCUT2D eigenvalue weighted by Crippen LogP contribution is 2.19. The largest absolute Gasteiger partial charge is 0.333 e. The summed E-state index contributed by atoms with van der Waals surface area (Å²) in [5, 5.41) is 4.41. The Hall–Kier alpha value is -1.91. The Balaban J connectivity index is 0.000000188. The molecule has 2 heterocycles. The Morgan fingerprint density at radius 3 is 2.41 bits per heavy atom. The van der Waals surface area contributed by atoms with Gasteiger partial charge in [-0.15, -0.1) is 0 Å². The number of benzene rings is 2. The maximum Gasteiger partial charge on any atom is 0.269 e.